The van der Waals surface area contributed by atoms with Crippen molar-refractivity contribution in [2.24, 2.45) is 0 Å². The monoisotopic (exact) mass is 340 g/mol. The third kappa shape index (κ3) is 4.53. The number of nitrogens with zero attached hydrogens (tertiary/aromatic N) is 2. The van der Waals surface area contributed by atoms with Crippen molar-refractivity contribution < 1.29 is 17.9 Å². The van der Waals surface area contributed by atoms with Crippen LogP contribution in [0.15, 0.2) is 29.2 Å². The highest BCUT2D eigenvalue weighted by atomic mass is 32.2. The highest BCUT2D eigenvalue weighted by molar-refractivity contribution is 7.91. The fraction of sp³-hybridized carbons (Fsp3) is 0.562. The normalized spacial score (nSPS) is 16.5. The standard InChI is InChI=1S/C16H24N2O4S/c1-3-17-8-10-18(11-9-17)16(19)14-4-6-15(7-5-14)23(20,21)13-12-22-2/h4-7H,3,8-13H2,1-2H3. The minimum atomic E-state index is -3.36. The molecule has 1 aromatic rings. The van der Waals surface area contributed by atoms with Gasteiger partial charge in [0.05, 0.1) is 17.3 Å². The van der Waals surface area contributed by atoms with E-state index in [1.807, 2.05) is 4.90 Å². The van der Waals surface area contributed by atoms with E-state index in [0.29, 0.717) is 18.7 Å². The average Bonchev–Trinajstić information content (AvgIpc) is 2.59. The predicted molar refractivity (Wildman–Crippen MR) is 88.4 cm³/mol. The first-order valence-corrected chi connectivity index (χ1v) is 9.46. The molecule has 6 nitrogen and oxygen atoms in total. The van der Waals surface area contributed by atoms with Crippen LogP contribution in [0.1, 0.15) is 17.3 Å². The lowest BCUT2D eigenvalue weighted by Gasteiger charge is -2.34. The molecule has 1 heterocycles. The molecule has 1 amide bonds. The summed E-state index contributed by atoms with van der Waals surface area (Å²) in [6.07, 6.45) is 0. The number of rotatable bonds is 6. The summed E-state index contributed by atoms with van der Waals surface area (Å²) in [5, 5.41) is 0. The van der Waals surface area contributed by atoms with Crippen LogP contribution in [0, 0.1) is 0 Å². The Balaban J connectivity index is 2.03. The summed E-state index contributed by atoms with van der Waals surface area (Å²) < 4.78 is 28.9. The van der Waals surface area contributed by atoms with Gasteiger partial charge in [0.1, 0.15) is 0 Å². The number of likely N-dealkylation sites (N-methyl/N-ethyl adjacent to an activating group) is 1. The molecule has 0 unspecified atom stereocenters. The van der Waals surface area contributed by atoms with E-state index in [9.17, 15) is 13.2 Å². The Morgan fingerprint density at radius 1 is 1.13 bits per heavy atom. The quantitative estimate of drug-likeness (QED) is 0.769. The van der Waals surface area contributed by atoms with Crippen LogP contribution in [-0.4, -0.2) is 76.3 Å². The Bertz CT molecular complexity index is 620. The number of hydrogen-bond donors (Lipinski definition) is 0. The lowest BCUT2D eigenvalue weighted by atomic mass is 10.2. The zero-order chi connectivity index (χ0) is 16.9. The summed E-state index contributed by atoms with van der Waals surface area (Å²) in [6, 6.07) is 6.18. The summed E-state index contributed by atoms with van der Waals surface area (Å²) in [5.74, 6) is -0.0999. The SMILES string of the molecule is CCN1CCN(C(=O)c2ccc(S(=O)(=O)CCOC)cc2)CC1. The highest BCUT2D eigenvalue weighted by Gasteiger charge is 2.22. The zero-order valence-corrected chi connectivity index (χ0v) is 14.5. The number of piperazine rings is 1. The molecule has 0 saturated carbocycles. The van der Waals surface area contributed by atoms with Gasteiger partial charge in [-0.15, -0.1) is 0 Å². The van der Waals surface area contributed by atoms with Gasteiger partial charge in [-0.1, -0.05) is 6.92 Å². The first-order chi connectivity index (χ1) is 11.0. The van der Waals surface area contributed by atoms with E-state index in [1.165, 1.54) is 19.2 Å². The minimum Gasteiger partial charge on any atom is -0.384 e. The maximum Gasteiger partial charge on any atom is 0.253 e. The molecule has 128 valence electrons. The van der Waals surface area contributed by atoms with Gasteiger partial charge in [0.25, 0.3) is 5.91 Å². The van der Waals surface area contributed by atoms with Crippen molar-refractivity contribution in [3.05, 3.63) is 29.8 Å². The molecule has 0 spiro atoms. The molecule has 1 aliphatic heterocycles. The Morgan fingerprint density at radius 3 is 2.26 bits per heavy atom. The minimum absolute atomic E-state index is 0.0402. The third-order valence-electron chi connectivity index (χ3n) is 4.12. The summed E-state index contributed by atoms with van der Waals surface area (Å²) in [6.45, 7) is 6.44. The summed E-state index contributed by atoms with van der Waals surface area (Å²) >= 11 is 0. The lowest BCUT2D eigenvalue weighted by Crippen LogP contribution is -2.48. The number of hydrogen-bond acceptors (Lipinski definition) is 5. The molecule has 1 aromatic carbocycles. The molecule has 0 radical (unpaired) electrons. The number of carbonyl (C=O) groups excluding carboxylic acids is 1. The second-order valence-corrected chi connectivity index (χ2v) is 7.67. The van der Waals surface area contributed by atoms with Crippen molar-refractivity contribution in [2.75, 3.05) is 52.2 Å². The van der Waals surface area contributed by atoms with Gasteiger partial charge in [-0.2, -0.15) is 0 Å². The Labute approximate surface area is 137 Å². The second-order valence-electron chi connectivity index (χ2n) is 5.56. The number of methoxy groups -OCH3 is 1. The molecule has 0 aromatic heterocycles. The van der Waals surface area contributed by atoms with Crippen LogP contribution < -0.4 is 0 Å². The van der Waals surface area contributed by atoms with E-state index in [0.717, 1.165) is 19.6 Å². The van der Waals surface area contributed by atoms with Crippen LogP contribution in [0.4, 0.5) is 0 Å². The van der Waals surface area contributed by atoms with E-state index in [2.05, 4.69) is 11.8 Å². The van der Waals surface area contributed by atoms with Crippen molar-refractivity contribution in [2.45, 2.75) is 11.8 Å². The van der Waals surface area contributed by atoms with Crippen molar-refractivity contribution >= 4 is 15.7 Å². The van der Waals surface area contributed by atoms with Gasteiger partial charge < -0.3 is 14.5 Å². The predicted octanol–water partition coefficient (Wildman–Crippen LogP) is 0.884. The Kier molecular flexibility index (Phi) is 6.15. The van der Waals surface area contributed by atoms with Gasteiger partial charge in [-0.3, -0.25) is 4.79 Å². The number of amides is 1. The maximum absolute atomic E-state index is 12.5. The Hall–Kier alpha value is -1.44. The summed E-state index contributed by atoms with van der Waals surface area (Å²) in [4.78, 5) is 16.8. The van der Waals surface area contributed by atoms with Gasteiger partial charge in [-0.05, 0) is 30.8 Å². The van der Waals surface area contributed by atoms with E-state index >= 15 is 0 Å². The molecule has 1 fully saturated rings. The molecular formula is C16H24N2O4S. The van der Waals surface area contributed by atoms with Gasteiger partial charge >= 0.3 is 0 Å². The third-order valence-corrected chi connectivity index (χ3v) is 5.82. The van der Waals surface area contributed by atoms with E-state index in [1.54, 1.807) is 12.1 Å². The zero-order valence-electron chi connectivity index (χ0n) is 13.7. The Morgan fingerprint density at radius 2 is 1.74 bits per heavy atom. The average molecular weight is 340 g/mol. The van der Waals surface area contributed by atoms with Crippen LogP contribution in [0.2, 0.25) is 0 Å². The fourth-order valence-corrected chi connectivity index (χ4v) is 3.74. The molecule has 23 heavy (non-hydrogen) atoms. The molecule has 0 bridgehead atoms. The first kappa shape index (κ1) is 17.9. The molecule has 1 aliphatic rings. The van der Waals surface area contributed by atoms with Crippen molar-refractivity contribution in [3.8, 4) is 0 Å². The lowest BCUT2D eigenvalue weighted by molar-refractivity contribution is 0.0643. The fourth-order valence-electron chi connectivity index (χ4n) is 2.57. The largest absolute Gasteiger partial charge is 0.384 e. The van der Waals surface area contributed by atoms with Crippen molar-refractivity contribution in [3.63, 3.8) is 0 Å². The number of sulfone groups is 1. The molecule has 7 heteroatoms. The molecule has 0 N–H and O–H groups in total. The van der Waals surface area contributed by atoms with Crippen molar-refractivity contribution in [1.82, 2.24) is 9.80 Å². The highest BCUT2D eigenvalue weighted by Crippen LogP contribution is 2.15. The van der Waals surface area contributed by atoms with E-state index < -0.39 is 9.84 Å². The topological polar surface area (TPSA) is 66.9 Å². The van der Waals surface area contributed by atoms with Crippen LogP contribution in [0.5, 0.6) is 0 Å². The van der Waals surface area contributed by atoms with Gasteiger partial charge in [0, 0.05) is 38.9 Å². The molecular weight excluding hydrogens is 316 g/mol. The number of ether oxygens (including phenoxy) is 1. The van der Waals surface area contributed by atoms with Crippen LogP contribution in [0.3, 0.4) is 0 Å². The molecule has 2 rings (SSSR count). The first-order valence-electron chi connectivity index (χ1n) is 7.81. The summed E-state index contributed by atoms with van der Waals surface area (Å²) in [7, 11) is -1.89. The number of carbonyl (C=O) groups is 1. The number of benzene rings is 1. The van der Waals surface area contributed by atoms with Gasteiger partial charge in [0.15, 0.2) is 9.84 Å². The molecule has 0 aliphatic carbocycles. The van der Waals surface area contributed by atoms with Crippen molar-refractivity contribution in [1.29, 1.82) is 0 Å². The van der Waals surface area contributed by atoms with Gasteiger partial charge in [-0.25, -0.2) is 8.42 Å². The summed E-state index contributed by atoms with van der Waals surface area (Å²) in [5.41, 5.74) is 0.528. The second kappa shape index (κ2) is 7.90. The molecule has 0 atom stereocenters. The van der Waals surface area contributed by atoms with E-state index in [4.69, 9.17) is 4.74 Å². The van der Waals surface area contributed by atoms with Crippen LogP contribution in [0.25, 0.3) is 0 Å². The smallest absolute Gasteiger partial charge is 0.253 e. The molecule has 1 saturated heterocycles. The van der Waals surface area contributed by atoms with E-state index in [-0.39, 0.29) is 23.2 Å². The van der Waals surface area contributed by atoms with Gasteiger partial charge in [0.2, 0.25) is 0 Å². The maximum atomic E-state index is 12.5. The van der Waals surface area contributed by atoms with Crippen LogP contribution >= 0.6 is 0 Å². The van der Waals surface area contributed by atoms with Crippen LogP contribution in [-0.2, 0) is 14.6 Å².